The summed E-state index contributed by atoms with van der Waals surface area (Å²) in [6.45, 7) is 1.35. The Bertz CT molecular complexity index is 1040. The van der Waals surface area contributed by atoms with Gasteiger partial charge in [-0.2, -0.15) is 8.78 Å². The molecule has 8 heteroatoms. The first-order valence-corrected chi connectivity index (χ1v) is 8.26. The molecule has 138 valence electrons. The van der Waals surface area contributed by atoms with Gasteiger partial charge in [0.15, 0.2) is 5.75 Å². The fourth-order valence-corrected chi connectivity index (χ4v) is 3.08. The number of aliphatic hydroxyl groups excluding tert-OH is 1. The Hall–Kier alpha value is -3.13. The molecule has 0 bridgehead atoms. The van der Waals surface area contributed by atoms with Crippen molar-refractivity contribution in [1.29, 1.82) is 0 Å². The topological polar surface area (TPSA) is 75.6 Å². The van der Waals surface area contributed by atoms with Crippen LogP contribution in [0.5, 0.6) is 5.75 Å². The Morgan fingerprint density at radius 2 is 1.93 bits per heavy atom. The summed E-state index contributed by atoms with van der Waals surface area (Å²) < 4.78 is 33.1. The van der Waals surface area contributed by atoms with Gasteiger partial charge in [-0.3, -0.25) is 19.7 Å². The van der Waals surface area contributed by atoms with Gasteiger partial charge < -0.3 is 9.84 Å². The van der Waals surface area contributed by atoms with Crippen molar-refractivity contribution in [1.82, 2.24) is 9.97 Å². The molecule has 1 aromatic heterocycles. The van der Waals surface area contributed by atoms with E-state index in [0.717, 1.165) is 4.90 Å². The molecule has 1 amide bonds. The highest BCUT2D eigenvalue weighted by Crippen LogP contribution is 2.44. The average molecular weight is 371 g/mol. The summed E-state index contributed by atoms with van der Waals surface area (Å²) in [6, 6.07) is 9.69. The molecule has 6 nitrogen and oxygen atoms in total. The van der Waals surface area contributed by atoms with Gasteiger partial charge in [0.05, 0.1) is 29.4 Å². The number of carbonyl (C=O) groups is 1. The second-order valence-corrected chi connectivity index (χ2v) is 6.26. The largest absolute Gasteiger partial charge is 0.483 e. The van der Waals surface area contributed by atoms with Crippen LogP contribution in [0.1, 0.15) is 24.2 Å². The van der Waals surface area contributed by atoms with E-state index in [9.17, 15) is 18.7 Å². The quantitative estimate of drug-likeness (QED) is 0.765. The lowest BCUT2D eigenvalue weighted by Gasteiger charge is -2.35. The number of halogens is 2. The van der Waals surface area contributed by atoms with E-state index in [2.05, 4.69) is 14.7 Å². The van der Waals surface area contributed by atoms with Crippen LogP contribution in [-0.2, 0) is 11.3 Å². The number of benzene rings is 2. The van der Waals surface area contributed by atoms with Gasteiger partial charge in [-0.25, -0.2) is 0 Å². The number of hydrogen-bond donors (Lipinski definition) is 1. The van der Waals surface area contributed by atoms with E-state index in [1.807, 2.05) is 0 Å². The Morgan fingerprint density at radius 3 is 2.67 bits per heavy atom. The number of nitrogens with zero attached hydrogens (tertiary/aromatic N) is 3. The number of aliphatic hydroxyl groups is 1. The number of alkyl halides is 2. The first-order valence-electron chi connectivity index (χ1n) is 8.26. The molecule has 0 unspecified atom stereocenters. The van der Waals surface area contributed by atoms with E-state index in [1.165, 1.54) is 25.3 Å². The second kappa shape index (κ2) is 6.24. The zero-order valence-corrected chi connectivity index (χ0v) is 14.3. The molecule has 1 N–H and O–H groups in total. The lowest BCUT2D eigenvalue weighted by atomic mass is 10.1. The molecule has 0 saturated heterocycles. The van der Waals surface area contributed by atoms with Crippen LogP contribution in [-0.4, -0.2) is 27.1 Å². The molecule has 0 aliphatic carbocycles. The lowest BCUT2D eigenvalue weighted by molar-refractivity contribution is -0.193. The maximum Gasteiger partial charge on any atom is 0.483 e. The van der Waals surface area contributed by atoms with Crippen LogP contribution >= 0.6 is 0 Å². The van der Waals surface area contributed by atoms with E-state index in [1.54, 1.807) is 30.5 Å². The zero-order chi connectivity index (χ0) is 19.2. The third kappa shape index (κ3) is 2.97. The fourth-order valence-electron chi connectivity index (χ4n) is 3.08. The number of carbonyl (C=O) groups excluding carboxylic acids is 1. The number of aromatic nitrogens is 2. The number of ether oxygens (including phenoxy) is 1. The highest BCUT2D eigenvalue weighted by molar-refractivity contribution is 6.01. The van der Waals surface area contributed by atoms with Gasteiger partial charge in [0.2, 0.25) is 0 Å². The van der Waals surface area contributed by atoms with Crippen LogP contribution in [0.2, 0.25) is 0 Å². The maximum absolute atomic E-state index is 14.2. The third-order valence-corrected chi connectivity index (χ3v) is 4.36. The summed E-state index contributed by atoms with van der Waals surface area (Å²) >= 11 is 0. The van der Waals surface area contributed by atoms with Crippen molar-refractivity contribution in [2.45, 2.75) is 25.7 Å². The SMILES string of the molecule is C[C@H](O)c1cccc2c1OC(F)(F)C(=O)N2Cc1ccc2nccnc2c1. The van der Waals surface area contributed by atoms with Crippen molar-refractivity contribution in [3.8, 4) is 5.75 Å². The third-order valence-electron chi connectivity index (χ3n) is 4.36. The number of hydrogen-bond acceptors (Lipinski definition) is 5. The van der Waals surface area contributed by atoms with Crippen molar-refractivity contribution >= 4 is 22.6 Å². The van der Waals surface area contributed by atoms with Crippen molar-refractivity contribution in [3.05, 3.63) is 59.9 Å². The van der Waals surface area contributed by atoms with Crippen LogP contribution in [0.15, 0.2) is 48.8 Å². The van der Waals surface area contributed by atoms with Crippen molar-refractivity contribution in [3.63, 3.8) is 0 Å². The van der Waals surface area contributed by atoms with Gasteiger partial charge in [0.25, 0.3) is 0 Å². The van der Waals surface area contributed by atoms with Crippen LogP contribution < -0.4 is 9.64 Å². The molecule has 2 heterocycles. The molecule has 0 spiro atoms. The molecule has 1 atom stereocenters. The Balaban J connectivity index is 1.79. The minimum Gasteiger partial charge on any atom is -0.423 e. The number of fused-ring (bicyclic) bond motifs is 2. The standard InChI is InChI=1S/C19H15F2N3O3/c1-11(25)13-3-2-4-16-17(13)27-19(20,21)18(26)24(16)10-12-5-6-14-15(9-12)23-8-7-22-14/h2-9,11,25H,10H2,1H3/t11-/m0/s1. The van der Waals surface area contributed by atoms with Gasteiger partial charge in [-0.05, 0) is 30.7 Å². The molecule has 4 rings (SSSR count). The van der Waals surface area contributed by atoms with Gasteiger partial charge in [0.1, 0.15) is 0 Å². The summed E-state index contributed by atoms with van der Waals surface area (Å²) in [6.07, 6.45) is -1.96. The first-order chi connectivity index (χ1) is 12.9. The summed E-state index contributed by atoms with van der Waals surface area (Å²) in [5.41, 5.74) is 2.25. The highest BCUT2D eigenvalue weighted by atomic mass is 19.3. The molecular formula is C19H15F2N3O3. The van der Waals surface area contributed by atoms with Crippen LogP contribution in [0.25, 0.3) is 11.0 Å². The molecule has 0 saturated carbocycles. The number of rotatable bonds is 3. The molecule has 27 heavy (non-hydrogen) atoms. The summed E-state index contributed by atoms with van der Waals surface area (Å²) in [5, 5.41) is 9.87. The maximum atomic E-state index is 14.2. The van der Waals surface area contributed by atoms with Gasteiger partial charge in [0, 0.05) is 18.0 Å². The minimum atomic E-state index is -4.02. The predicted octanol–water partition coefficient (Wildman–Crippen LogP) is 3.20. The lowest BCUT2D eigenvalue weighted by Crippen LogP contribution is -2.50. The molecule has 0 radical (unpaired) electrons. The zero-order valence-electron chi connectivity index (χ0n) is 14.3. The fraction of sp³-hybridized carbons (Fsp3) is 0.211. The minimum absolute atomic E-state index is 0.0967. The van der Waals surface area contributed by atoms with Gasteiger partial charge >= 0.3 is 12.0 Å². The molecular weight excluding hydrogens is 356 g/mol. The van der Waals surface area contributed by atoms with Crippen LogP contribution in [0, 0.1) is 0 Å². The predicted molar refractivity (Wildman–Crippen MR) is 93.4 cm³/mol. The molecule has 1 aliphatic heterocycles. The number of para-hydroxylation sites is 1. The van der Waals surface area contributed by atoms with E-state index >= 15 is 0 Å². The highest BCUT2D eigenvalue weighted by Gasteiger charge is 2.51. The Kier molecular flexibility index (Phi) is 4.00. The normalized spacial score (nSPS) is 16.7. The summed E-state index contributed by atoms with van der Waals surface area (Å²) in [5.74, 6) is -1.66. The van der Waals surface area contributed by atoms with E-state index in [0.29, 0.717) is 16.6 Å². The van der Waals surface area contributed by atoms with Crippen molar-refractivity contribution in [2.75, 3.05) is 4.90 Å². The summed E-state index contributed by atoms with van der Waals surface area (Å²) in [7, 11) is 0. The van der Waals surface area contributed by atoms with E-state index < -0.39 is 18.1 Å². The number of amides is 1. The summed E-state index contributed by atoms with van der Waals surface area (Å²) in [4.78, 5) is 21.6. The molecule has 1 aliphatic rings. The van der Waals surface area contributed by atoms with Gasteiger partial charge in [-0.1, -0.05) is 18.2 Å². The monoisotopic (exact) mass is 371 g/mol. The van der Waals surface area contributed by atoms with Crippen molar-refractivity contribution in [2.24, 2.45) is 0 Å². The van der Waals surface area contributed by atoms with Gasteiger partial charge in [-0.15, -0.1) is 0 Å². The Labute approximate surface area is 153 Å². The molecule has 3 aromatic rings. The smallest absolute Gasteiger partial charge is 0.423 e. The number of anilines is 1. The van der Waals surface area contributed by atoms with E-state index in [-0.39, 0.29) is 23.5 Å². The molecule has 0 fully saturated rings. The first kappa shape index (κ1) is 17.3. The van der Waals surface area contributed by atoms with Crippen molar-refractivity contribution < 1.29 is 23.4 Å². The molecule has 2 aromatic carbocycles. The van der Waals surface area contributed by atoms with E-state index in [4.69, 9.17) is 0 Å². The second-order valence-electron chi connectivity index (χ2n) is 6.26. The van der Waals surface area contributed by atoms with Crippen LogP contribution in [0.4, 0.5) is 14.5 Å². The van der Waals surface area contributed by atoms with Crippen LogP contribution in [0.3, 0.4) is 0 Å². The Morgan fingerprint density at radius 1 is 1.19 bits per heavy atom. The average Bonchev–Trinajstić information content (AvgIpc) is 2.64.